The van der Waals surface area contributed by atoms with Crippen molar-refractivity contribution in [2.24, 2.45) is 16.5 Å². The number of hydrogen-bond acceptors (Lipinski definition) is 4. The number of piperazine rings is 1. The first kappa shape index (κ1) is 14.7. The number of nitrogens with one attached hydrogen (secondary N) is 2. The molecule has 9 heteroatoms. The Balaban J connectivity index is 2.43. The summed E-state index contributed by atoms with van der Waals surface area (Å²) >= 11 is 0. The quantitative estimate of drug-likeness (QED) is 0.204. The zero-order valence-electron chi connectivity index (χ0n) is 10.3. The van der Waals surface area contributed by atoms with Crippen molar-refractivity contribution in [3.63, 3.8) is 0 Å². The number of carboxylic acids is 1. The van der Waals surface area contributed by atoms with E-state index in [1.807, 2.05) is 0 Å². The first-order valence-electron chi connectivity index (χ1n) is 5.78. The maximum Gasteiger partial charge on any atom is 0.305 e. The molecular weight excluding hydrogens is 254 g/mol. The van der Waals surface area contributed by atoms with E-state index in [1.165, 1.54) is 0 Å². The highest BCUT2D eigenvalue weighted by atomic mass is 16.4. The molecule has 1 saturated heterocycles. The number of carbonyl (C=O) groups excluding carboxylic acids is 2. The molecule has 0 aromatic rings. The van der Waals surface area contributed by atoms with Crippen LogP contribution < -0.4 is 22.1 Å². The van der Waals surface area contributed by atoms with Crippen LogP contribution >= 0.6 is 0 Å². The number of carboxylic acid groups (broad SMARTS) is 1. The number of hydrogen-bond donors (Lipinski definition) is 5. The molecule has 0 radical (unpaired) electrons. The Morgan fingerprint density at radius 1 is 1.21 bits per heavy atom. The van der Waals surface area contributed by atoms with Gasteiger partial charge in [-0.3, -0.25) is 19.4 Å². The minimum absolute atomic E-state index is 0.0290. The van der Waals surface area contributed by atoms with Crippen molar-refractivity contribution in [1.82, 2.24) is 10.6 Å². The molecule has 0 spiro atoms. The van der Waals surface area contributed by atoms with Crippen molar-refractivity contribution in [2.75, 3.05) is 6.54 Å². The van der Waals surface area contributed by atoms with Gasteiger partial charge in [-0.25, -0.2) is 0 Å². The number of amides is 2. The minimum atomic E-state index is -1.15. The number of nitrogens with two attached hydrogens (primary N) is 2. The smallest absolute Gasteiger partial charge is 0.305 e. The molecular formula is C10H17N5O4. The van der Waals surface area contributed by atoms with Crippen LogP contribution in [-0.2, 0) is 14.4 Å². The molecule has 0 saturated carbocycles. The summed E-state index contributed by atoms with van der Waals surface area (Å²) in [6.45, 7) is 0.362. The van der Waals surface area contributed by atoms with E-state index in [-0.39, 0.29) is 5.96 Å². The number of carbonyl (C=O) groups is 3. The second-order valence-corrected chi connectivity index (χ2v) is 4.17. The molecule has 1 aliphatic heterocycles. The number of nitrogens with zero attached hydrogens (tertiary/aromatic N) is 1. The lowest BCUT2D eigenvalue weighted by Crippen LogP contribution is -2.62. The van der Waals surface area contributed by atoms with Gasteiger partial charge in [0.05, 0.1) is 6.42 Å². The zero-order valence-corrected chi connectivity index (χ0v) is 10.3. The molecule has 2 atom stereocenters. The highest BCUT2D eigenvalue weighted by Gasteiger charge is 2.34. The number of rotatable bonds is 6. The second-order valence-electron chi connectivity index (χ2n) is 4.17. The van der Waals surface area contributed by atoms with E-state index < -0.39 is 36.3 Å². The molecule has 9 nitrogen and oxygen atoms in total. The van der Waals surface area contributed by atoms with Gasteiger partial charge in [0, 0.05) is 6.54 Å². The lowest BCUT2D eigenvalue weighted by atomic mass is 10.0. The van der Waals surface area contributed by atoms with Crippen molar-refractivity contribution in [1.29, 1.82) is 0 Å². The molecule has 2 unspecified atom stereocenters. The summed E-state index contributed by atoms with van der Waals surface area (Å²) in [6.07, 6.45) is 0.478. The standard InChI is InChI=1S/C10H17N5O4/c11-10(12)13-3-1-2-5-8(18)15-6(4-7(16)17)9(19)14-5/h5-6H,1-4H2,(H,14,19)(H,15,18)(H,16,17)(H4,11,12,13). The maximum atomic E-state index is 11.7. The van der Waals surface area contributed by atoms with Gasteiger partial charge >= 0.3 is 5.97 Å². The lowest BCUT2D eigenvalue weighted by Gasteiger charge is -2.28. The molecule has 0 aromatic carbocycles. The Bertz CT molecular complexity index is 405. The maximum absolute atomic E-state index is 11.7. The number of aliphatic imine (C=N–C) groups is 1. The van der Waals surface area contributed by atoms with Crippen LogP contribution in [0.4, 0.5) is 0 Å². The molecule has 0 aromatic heterocycles. The van der Waals surface area contributed by atoms with Gasteiger partial charge in [-0.1, -0.05) is 0 Å². The van der Waals surface area contributed by atoms with E-state index in [9.17, 15) is 14.4 Å². The normalized spacial score (nSPS) is 22.3. The topological polar surface area (TPSA) is 160 Å². The van der Waals surface area contributed by atoms with Crippen LogP contribution in [0.5, 0.6) is 0 Å². The summed E-state index contributed by atoms with van der Waals surface area (Å²) in [5, 5.41) is 13.5. The van der Waals surface area contributed by atoms with Crippen LogP contribution in [0, 0.1) is 0 Å². The van der Waals surface area contributed by atoms with Crippen molar-refractivity contribution >= 4 is 23.7 Å². The highest BCUT2D eigenvalue weighted by Crippen LogP contribution is 2.06. The van der Waals surface area contributed by atoms with E-state index in [4.69, 9.17) is 16.6 Å². The monoisotopic (exact) mass is 271 g/mol. The molecule has 19 heavy (non-hydrogen) atoms. The fourth-order valence-corrected chi connectivity index (χ4v) is 1.70. The fraction of sp³-hybridized carbons (Fsp3) is 0.600. The highest BCUT2D eigenvalue weighted by molar-refractivity contribution is 5.98. The molecule has 2 amide bonds. The van der Waals surface area contributed by atoms with Gasteiger partial charge in [-0.2, -0.15) is 0 Å². The van der Waals surface area contributed by atoms with Gasteiger partial charge in [0.2, 0.25) is 11.8 Å². The Labute approximate surface area is 109 Å². The first-order valence-corrected chi connectivity index (χ1v) is 5.78. The molecule has 1 rings (SSSR count). The van der Waals surface area contributed by atoms with E-state index in [1.54, 1.807) is 0 Å². The summed E-state index contributed by atoms with van der Waals surface area (Å²) < 4.78 is 0. The van der Waals surface area contributed by atoms with E-state index >= 15 is 0 Å². The Hall–Kier alpha value is -2.32. The van der Waals surface area contributed by atoms with Gasteiger partial charge in [0.15, 0.2) is 5.96 Å². The summed E-state index contributed by atoms with van der Waals surface area (Å²) in [5.41, 5.74) is 10.3. The van der Waals surface area contributed by atoms with Crippen molar-refractivity contribution in [3.05, 3.63) is 0 Å². The Morgan fingerprint density at radius 3 is 2.37 bits per heavy atom. The number of guanidine groups is 1. The third-order valence-electron chi connectivity index (χ3n) is 2.59. The van der Waals surface area contributed by atoms with E-state index in [0.29, 0.717) is 19.4 Å². The third-order valence-corrected chi connectivity index (χ3v) is 2.59. The first-order chi connectivity index (χ1) is 8.90. The minimum Gasteiger partial charge on any atom is -0.481 e. The zero-order chi connectivity index (χ0) is 14.4. The fourth-order valence-electron chi connectivity index (χ4n) is 1.70. The van der Waals surface area contributed by atoms with Gasteiger partial charge in [-0.15, -0.1) is 0 Å². The summed E-state index contributed by atoms with van der Waals surface area (Å²) in [6, 6.07) is -1.69. The molecule has 0 bridgehead atoms. The van der Waals surface area contributed by atoms with Crippen LogP contribution in [0.2, 0.25) is 0 Å². The lowest BCUT2D eigenvalue weighted by molar-refractivity contribution is -0.143. The Kier molecular flexibility index (Phi) is 5.10. The predicted octanol–water partition coefficient (Wildman–Crippen LogP) is -2.50. The predicted molar refractivity (Wildman–Crippen MR) is 66.0 cm³/mol. The van der Waals surface area contributed by atoms with Gasteiger partial charge < -0.3 is 27.2 Å². The molecule has 1 heterocycles. The largest absolute Gasteiger partial charge is 0.481 e. The van der Waals surface area contributed by atoms with Crippen LogP contribution in [-0.4, -0.2) is 47.5 Å². The molecule has 7 N–H and O–H groups in total. The Morgan fingerprint density at radius 2 is 1.79 bits per heavy atom. The average molecular weight is 271 g/mol. The van der Waals surface area contributed by atoms with E-state index in [2.05, 4.69) is 15.6 Å². The average Bonchev–Trinajstić information content (AvgIpc) is 2.29. The van der Waals surface area contributed by atoms with Crippen molar-refractivity contribution in [2.45, 2.75) is 31.3 Å². The van der Waals surface area contributed by atoms with Crippen LogP contribution in [0.1, 0.15) is 19.3 Å². The van der Waals surface area contributed by atoms with Crippen LogP contribution in [0.3, 0.4) is 0 Å². The van der Waals surface area contributed by atoms with Crippen molar-refractivity contribution in [3.8, 4) is 0 Å². The third kappa shape index (κ3) is 4.82. The molecule has 1 aliphatic rings. The molecule has 1 fully saturated rings. The number of aliphatic carboxylic acids is 1. The summed E-state index contributed by atoms with van der Waals surface area (Å²) in [5.74, 6) is -2.06. The SMILES string of the molecule is NC(N)=NCCCC1NC(=O)C(CC(=O)O)NC1=O. The van der Waals surface area contributed by atoms with Crippen LogP contribution in [0.25, 0.3) is 0 Å². The summed E-state index contributed by atoms with van der Waals surface area (Å²) in [4.78, 5) is 37.5. The van der Waals surface area contributed by atoms with Gasteiger partial charge in [-0.05, 0) is 12.8 Å². The summed E-state index contributed by atoms with van der Waals surface area (Å²) in [7, 11) is 0. The molecule has 0 aliphatic carbocycles. The van der Waals surface area contributed by atoms with Gasteiger partial charge in [0.25, 0.3) is 0 Å². The van der Waals surface area contributed by atoms with Gasteiger partial charge in [0.1, 0.15) is 12.1 Å². The van der Waals surface area contributed by atoms with Crippen LogP contribution in [0.15, 0.2) is 4.99 Å². The second kappa shape index (κ2) is 6.57. The van der Waals surface area contributed by atoms with Crippen molar-refractivity contribution < 1.29 is 19.5 Å². The van der Waals surface area contributed by atoms with E-state index in [0.717, 1.165) is 0 Å². The molecule has 106 valence electrons.